The third-order valence-electron chi connectivity index (χ3n) is 6.55. The van der Waals surface area contributed by atoms with Gasteiger partial charge in [-0.25, -0.2) is 4.79 Å². The van der Waals surface area contributed by atoms with E-state index in [4.69, 9.17) is 4.74 Å². The molecule has 7 nitrogen and oxygen atoms in total. The number of hydrogen-bond donors (Lipinski definition) is 1. The molecule has 1 spiro atoms. The molecule has 2 aromatic heterocycles. The van der Waals surface area contributed by atoms with Crippen LogP contribution < -0.4 is 0 Å². The van der Waals surface area contributed by atoms with Gasteiger partial charge < -0.3 is 14.6 Å². The molecule has 2 atom stereocenters. The van der Waals surface area contributed by atoms with Gasteiger partial charge in [-0.1, -0.05) is 18.2 Å². The number of hydrogen-bond acceptors (Lipinski definition) is 5. The highest BCUT2D eigenvalue weighted by atomic mass is 16.5. The lowest BCUT2D eigenvalue weighted by Gasteiger charge is -2.28. The zero-order chi connectivity index (χ0) is 20.6. The summed E-state index contributed by atoms with van der Waals surface area (Å²) in [4.78, 5) is 47.2. The molecule has 6 rings (SSSR count). The summed E-state index contributed by atoms with van der Waals surface area (Å²) in [6.45, 7) is 0.537. The van der Waals surface area contributed by atoms with Gasteiger partial charge in [0.2, 0.25) is 5.78 Å². The number of allylic oxidation sites excluding steroid dienone is 2. The molecular formula is C23H17N3O4. The standard InChI is InChI=1S/C23H17N3O4/c1-30-22(29)13-6-15-20(24-10-13)18(27)8-19-23(15)9-14(23)11-26(19)21(28)17-7-12-4-2-3-5-16(12)25-17/h2-8,10,14,25H,9,11H2,1H3/t14-,23-/m1/s1. The molecule has 1 aliphatic heterocycles. The summed E-state index contributed by atoms with van der Waals surface area (Å²) in [5, 5.41) is 0.964. The number of rotatable bonds is 2. The minimum Gasteiger partial charge on any atom is -0.465 e. The first kappa shape index (κ1) is 17.1. The zero-order valence-corrected chi connectivity index (χ0v) is 16.1. The summed E-state index contributed by atoms with van der Waals surface area (Å²) in [7, 11) is 1.31. The molecule has 1 saturated heterocycles. The van der Waals surface area contributed by atoms with E-state index in [-0.39, 0.29) is 17.6 Å². The van der Waals surface area contributed by atoms with Crippen molar-refractivity contribution in [1.29, 1.82) is 0 Å². The largest absolute Gasteiger partial charge is 0.465 e. The lowest BCUT2D eigenvalue weighted by molar-refractivity contribution is 0.0599. The van der Waals surface area contributed by atoms with Gasteiger partial charge in [0, 0.05) is 40.8 Å². The highest BCUT2D eigenvalue weighted by Gasteiger charge is 2.67. The predicted molar refractivity (Wildman–Crippen MR) is 107 cm³/mol. The van der Waals surface area contributed by atoms with E-state index in [1.807, 2.05) is 30.3 Å². The molecule has 3 aliphatic rings. The van der Waals surface area contributed by atoms with Crippen LogP contribution in [0.2, 0.25) is 0 Å². The molecule has 1 aromatic carbocycles. The molecule has 0 radical (unpaired) electrons. The van der Waals surface area contributed by atoms with Gasteiger partial charge >= 0.3 is 5.97 Å². The molecule has 1 N–H and O–H groups in total. The van der Waals surface area contributed by atoms with Gasteiger partial charge in [-0.05, 0) is 36.1 Å². The molecule has 148 valence electrons. The number of nitrogens with one attached hydrogen (secondary N) is 1. The second-order valence-electron chi connectivity index (χ2n) is 8.06. The van der Waals surface area contributed by atoms with E-state index in [1.165, 1.54) is 13.3 Å². The van der Waals surface area contributed by atoms with Gasteiger partial charge in [-0.15, -0.1) is 0 Å². The first-order chi connectivity index (χ1) is 14.5. The third-order valence-corrected chi connectivity index (χ3v) is 6.55. The fraction of sp³-hybridized carbons (Fsp3) is 0.217. The van der Waals surface area contributed by atoms with Crippen LogP contribution in [0.3, 0.4) is 0 Å². The minimum atomic E-state index is -0.494. The Labute approximate surface area is 171 Å². The molecule has 2 aliphatic carbocycles. The highest BCUT2D eigenvalue weighted by molar-refractivity contribution is 6.09. The number of methoxy groups -OCH3 is 1. The van der Waals surface area contributed by atoms with Crippen molar-refractivity contribution in [1.82, 2.24) is 14.9 Å². The number of aromatic amines is 1. The Morgan fingerprint density at radius 2 is 2.10 bits per heavy atom. The van der Waals surface area contributed by atoms with Crippen LogP contribution in [-0.4, -0.2) is 46.2 Å². The molecule has 2 fully saturated rings. The van der Waals surface area contributed by atoms with Crippen LogP contribution in [0.15, 0.2) is 54.4 Å². The molecule has 0 unspecified atom stereocenters. The third kappa shape index (κ3) is 2.09. The maximum atomic E-state index is 13.3. The Morgan fingerprint density at radius 3 is 2.90 bits per heavy atom. The van der Waals surface area contributed by atoms with E-state index >= 15 is 0 Å². The maximum Gasteiger partial charge on any atom is 0.339 e. The number of piperidine rings is 1. The minimum absolute atomic E-state index is 0.155. The van der Waals surface area contributed by atoms with E-state index in [9.17, 15) is 14.4 Å². The number of pyridine rings is 1. The number of amides is 1. The van der Waals surface area contributed by atoms with Crippen molar-refractivity contribution in [2.75, 3.05) is 13.7 Å². The number of ether oxygens (including phenoxy) is 1. The molecule has 1 amide bonds. The molecule has 3 heterocycles. The fourth-order valence-electron chi connectivity index (χ4n) is 5.05. The molecule has 0 bridgehead atoms. The molecule has 30 heavy (non-hydrogen) atoms. The lowest BCUT2D eigenvalue weighted by atomic mass is 9.83. The number of carbonyl (C=O) groups excluding carboxylic acids is 3. The Bertz CT molecular complexity index is 1290. The van der Waals surface area contributed by atoms with Crippen molar-refractivity contribution in [3.05, 3.63) is 76.9 Å². The number of nitrogens with zero attached hydrogens (tertiary/aromatic N) is 2. The van der Waals surface area contributed by atoms with Gasteiger partial charge in [0.25, 0.3) is 5.91 Å². The van der Waals surface area contributed by atoms with Crippen molar-refractivity contribution in [2.24, 2.45) is 5.92 Å². The van der Waals surface area contributed by atoms with Crippen LogP contribution in [0.1, 0.15) is 43.3 Å². The molecule has 3 aromatic rings. The predicted octanol–water partition coefficient (Wildman–Crippen LogP) is 2.84. The highest BCUT2D eigenvalue weighted by Crippen LogP contribution is 2.66. The average molecular weight is 399 g/mol. The maximum absolute atomic E-state index is 13.3. The summed E-state index contributed by atoms with van der Waals surface area (Å²) in [5.74, 6) is -0.688. The SMILES string of the molecule is COC(=O)c1cnc2c(c1)[C@@]13C[C@@H]1CN(C(=O)c1cc4ccccc4[nH]1)C3=CC2=O. The smallest absolute Gasteiger partial charge is 0.339 e. The summed E-state index contributed by atoms with van der Waals surface area (Å²) >= 11 is 0. The van der Waals surface area contributed by atoms with Gasteiger partial charge in [-0.2, -0.15) is 0 Å². The Kier molecular flexibility index (Phi) is 3.23. The molecule has 7 heteroatoms. The number of H-pyrrole nitrogens is 1. The topological polar surface area (TPSA) is 92.4 Å². The number of fused-ring (bicyclic) bond motifs is 2. The van der Waals surface area contributed by atoms with Gasteiger partial charge in [-0.3, -0.25) is 14.6 Å². The Hall–Kier alpha value is -3.74. The van der Waals surface area contributed by atoms with E-state index in [0.29, 0.717) is 29.2 Å². The molecular weight excluding hydrogens is 382 g/mol. The fourth-order valence-corrected chi connectivity index (χ4v) is 5.05. The van der Waals surface area contributed by atoms with E-state index in [2.05, 4.69) is 9.97 Å². The number of esters is 1. The number of likely N-dealkylation sites (tertiary alicyclic amines) is 1. The summed E-state index contributed by atoms with van der Waals surface area (Å²) < 4.78 is 4.81. The van der Waals surface area contributed by atoms with Crippen LogP contribution in [0.25, 0.3) is 10.9 Å². The first-order valence-electron chi connectivity index (χ1n) is 9.78. The van der Waals surface area contributed by atoms with Crippen molar-refractivity contribution in [3.8, 4) is 0 Å². The summed E-state index contributed by atoms with van der Waals surface area (Å²) in [5.41, 5.74) is 3.06. The van der Waals surface area contributed by atoms with Crippen molar-refractivity contribution < 1.29 is 19.1 Å². The van der Waals surface area contributed by atoms with Crippen molar-refractivity contribution in [3.63, 3.8) is 0 Å². The van der Waals surface area contributed by atoms with E-state index in [0.717, 1.165) is 22.9 Å². The summed E-state index contributed by atoms with van der Waals surface area (Å²) in [6.07, 6.45) is 3.75. The lowest BCUT2D eigenvalue weighted by Crippen LogP contribution is -2.34. The van der Waals surface area contributed by atoms with Crippen LogP contribution in [0.5, 0.6) is 0 Å². The zero-order valence-electron chi connectivity index (χ0n) is 16.1. The number of aromatic nitrogens is 2. The molecule has 1 saturated carbocycles. The quantitative estimate of drug-likeness (QED) is 0.669. The van der Waals surface area contributed by atoms with Crippen LogP contribution in [-0.2, 0) is 10.2 Å². The Morgan fingerprint density at radius 1 is 1.27 bits per heavy atom. The average Bonchev–Trinajstić information content (AvgIpc) is 3.15. The van der Waals surface area contributed by atoms with Gasteiger partial charge in [0.15, 0.2) is 0 Å². The van der Waals surface area contributed by atoms with E-state index in [1.54, 1.807) is 17.0 Å². The first-order valence-corrected chi connectivity index (χ1v) is 9.78. The Balaban J connectivity index is 1.42. The van der Waals surface area contributed by atoms with Gasteiger partial charge in [0.05, 0.1) is 12.7 Å². The normalized spacial score (nSPS) is 23.5. The number of ketones is 1. The number of para-hydroxylation sites is 1. The van der Waals surface area contributed by atoms with Gasteiger partial charge in [0.1, 0.15) is 11.4 Å². The summed E-state index contributed by atoms with van der Waals surface area (Å²) in [6, 6.07) is 11.3. The number of carbonyl (C=O) groups is 3. The second kappa shape index (κ2) is 5.66. The van der Waals surface area contributed by atoms with Crippen molar-refractivity contribution >= 4 is 28.6 Å². The second-order valence-corrected chi connectivity index (χ2v) is 8.06. The number of benzene rings is 1. The van der Waals surface area contributed by atoms with Crippen LogP contribution in [0, 0.1) is 5.92 Å². The van der Waals surface area contributed by atoms with Crippen LogP contribution >= 0.6 is 0 Å². The van der Waals surface area contributed by atoms with Crippen LogP contribution in [0.4, 0.5) is 0 Å². The van der Waals surface area contributed by atoms with E-state index < -0.39 is 11.4 Å². The van der Waals surface area contributed by atoms with Crippen molar-refractivity contribution in [2.45, 2.75) is 11.8 Å². The monoisotopic (exact) mass is 399 g/mol.